The van der Waals surface area contributed by atoms with Gasteiger partial charge in [0.1, 0.15) is 11.5 Å². The zero-order chi connectivity index (χ0) is 15.9. The predicted molar refractivity (Wildman–Crippen MR) is 87.4 cm³/mol. The third kappa shape index (κ3) is 3.59. The van der Waals surface area contributed by atoms with Crippen LogP contribution in [0.5, 0.6) is 11.5 Å². The van der Waals surface area contributed by atoms with Gasteiger partial charge in [-0.3, -0.25) is 0 Å². The second-order valence-corrected chi connectivity index (χ2v) is 5.16. The molecular formula is C19H21NO2. The number of rotatable bonds is 6. The number of hydrogen-bond acceptors (Lipinski definition) is 3. The topological polar surface area (TPSA) is 42.2 Å². The van der Waals surface area contributed by atoms with Gasteiger partial charge in [-0.25, -0.2) is 0 Å². The molecule has 3 nitrogen and oxygen atoms in total. The molecule has 0 saturated heterocycles. The van der Waals surface area contributed by atoms with Gasteiger partial charge in [0.25, 0.3) is 0 Å². The summed E-state index contributed by atoms with van der Waals surface area (Å²) in [5.74, 6) is 1.55. The number of ether oxygens (including phenoxy) is 2. The molecule has 0 fully saturated rings. The second-order valence-electron chi connectivity index (χ2n) is 5.16. The van der Waals surface area contributed by atoms with Crippen LogP contribution in [0.15, 0.2) is 42.5 Å². The Morgan fingerprint density at radius 3 is 2.32 bits per heavy atom. The maximum absolute atomic E-state index is 9.53. The van der Waals surface area contributed by atoms with Gasteiger partial charge in [0.2, 0.25) is 0 Å². The summed E-state index contributed by atoms with van der Waals surface area (Å²) in [7, 11) is 3.32. The minimum atomic E-state index is -0.162. The maximum Gasteiger partial charge on any atom is 0.122 e. The van der Waals surface area contributed by atoms with E-state index >= 15 is 0 Å². The van der Waals surface area contributed by atoms with Crippen molar-refractivity contribution < 1.29 is 9.47 Å². The first-order chi connectivity index (χ1) is 10.7. The minimum absolute atomic E-state index is 0.162. The molecule has 1 unspecified atom stereocenters. The van der Waals surface area contributed by atoms with Crippen LogP contribution < -0.4 is 9.47 Å². The second kappa shape index (κ2) is 7.51. The number of hydrogen-bond donors (Lipinski definition) is 0. The van der Waals surface area contributed by atoms with Crippen LogP contribution >= 0.6 is 0 Å². The largest absolute Gasteiger partial charge is 0.497 e. The number of nitriles is 1. The van der Waals surface area contributed by atoms with Crippen molar-refractivity contribution in [2.24, 2.45) is 0 Å². The summed E-state index contributed by atoms with van der Waals surface area (Å²) in [6, 6.07) is 16.3. The van der Waals surface area contributed by atoms with Crippen LogP contribution in [0.1, 0.15) is 29.5 Å². The molecule has 1 atom stereocenters. The summed E-state index contributed by atoms with van der Waals surface area (Å²) in [6.07, 6.45) is 1.58. The van der Waals surface area contributed by atoms with E-state index in [-0.39, 0.29) is 5.92 Å². The Labute approximate surface area is 132 Å². The molecule has 114 valence electrons. The number of nitrogens with zero attached hydrogens (tertiary/aromatic N) is 1. The lowest BCUT2D eigenvalue weighted by Crippen LogP contribution is -2.02. The van der Waals surface area contributed by atoms with Gasteiger partial charge in [0.05, 0.1) is 26.2 Å². The highest BCUT2D eigenvalue weighted by Gasteiger charge is 2.14. The van der Waals surface area contributed by atoms with Gasteiger partial charge in [0.15, 0.2) is 0 Å². The number of aryl methyl sites for hydroxylation is 1. The molecule has 3 heteroatoms. The molecular weight excluding hydrogens is 274 g/mol. The summed E-state index contributed by atoms with van der Waals surface area (Å²) in [6.45, 7) is 2.09. The van der Waals surface area contributed by atoms with E-state index in [1.54, 1.807) is 14.2 Å². The quantitative estimate of drug-likeness (QED) is 0.805. The zero-order valence-electron chi connectivity index (χ0n) is 13.3. The van der Waals surface area contributed by atoms with Gasteiger partial charge in [-0.15, -0.1) is 0 Å². The van der Waals surface area contributed by atoms with E-state index in [1.807, 2.05) is 36.4 Å². The van der Waals surface area contributed by atoms with Crippen molar-refractivity contribution in [1.82, 2.24) is 0 Å². The van der Waals surface area contributed by atoms with E-state index in [1.165, 1.54) is 0 Å². The van der Waals surface area contributed by atoms with Gasteiger partial charge in [-0.05, 0) is 47.7 Å². The summed E-state index contributed by atoms with van der Waals surface area (Å²) >= 11 is 0. The van der Waals surface area contributed by atoms with Crippen molar-refractivity contribution in [2.75, 3.05) is 14.2 Å². The summed E-state index contributed by atoms with van der Waals surface area (Å²) in [5.41, 5.74) is 3.30. The molecule has 0 N–H and O–H groups in total. The molecule has 2 rings (SSSR count). The van der Waals surface area contributed by atoms with Gasteiger partial charge < -0.3 is 9.47 Å². The normalized spacial score (nSPS) is 11.5. The predicted octanol–water partition coefficient (Wildman–Crippen LogP) is 4.12. The molecule has 2 aromatic rings. The summed E-state index contributed by atoms with van der Waals surface area (Å²) in [4.78, 5) is 0. The van der Waals surface area contributed by atoms with Gasteiger partial charge in [-0.2, -0.15) is 5.26 Å². The van der Waals surface area contributed by atoms with Crippen molar-refractivity contribution in [1.29, 1.82) is 5.26 Å². The molecule has 0 aliphatic rings. The third-order valence-corrected chi connectivity index (χ3v) is 3.84. The Morgan fingerprint density at radius 1 is 1.05 bits per heavy atom. The first-order valence-corrected chi connectivity index (χ1v) is 7.41. The third-order valence-electron chi connectivity index (χ3n) is 3.84. The Kier molecular flexibility index (Phi) is 5.43. The van der Waals surface area contributed by atoms with E-state index in [0.29, 0.717) is 6.42 Å². The fraction of sp³-hybridized carbons (Fsp3) is 0.316. The molecule has 2 aromatic carbocycles. The van der Waals surface area contributed by atoms with Crippen LogP contribution in [0.25, 0.3) is 0 Å². The van der Waals surface area contributed by atoms with E-state index in [0.717, 1.165) is 34.6 Å². The summed E-state index contributed by atoms with van der Waals surface area (Å²) < 4.78 is 10.5. The van der Waals surface area contributed by atoms with Crippen molar-refractivity contribution in [3.63, 3.8) is 0 Å². The molecule has 0 heterocycles. The van der Waals surface area contributed by atoms with Crippen LogP contribution in [0.3, 0.4) is 0 Å². The average Bonchev–Trinajstić information content (AvgIpc) is 2.59. The van der Waals surface area contributed by atoms with Crippen molar-refractivity contribution in [3.05, 3.63) is 59.2 Å². The highest BCUT2D eigenvalue weighted by atomic mass is 16.5. The zero-order valence-corrected chi connectivity index (χ0v) is 13.3. The fourth-order valence-electron chi connectivity index (χ4n) is 2.53. The van der Waals surface area contributed by atoms with Crippen molar-refractivity contribution in [2.45, 2.75) is 25.7 Å². The number of methoxy groups -OCH3 is 2. The van der Waals surface area contributed by atoms with Crippen LogP contribution in [0.4, 0.5) is 0 Å². The maximum atomic E-state index is 9.53. The van der Waals surface area contributed by atoms with E-state index in [4.69, 9.17) is 9.47 Å². The SMILES string of the molecule is CCc1cc(C(C#N)Cc2ccc(OC)cc2)ccc1OC. The van der Waals surface area contributed by atoms with Gasteiger partial charge in [-0.1, -0.05) is 31.2 Å². The monoisotopic (exact) mass is 295 g/mol. The van der Waals surface area contributed by atoms with Crippen molar-refractivity contribution >= 4 is 0 Å². The Balaban J connectivity index is 2.22. The van der Waals surface area contributed by atoms with Crippen LogP contribution in [0, 0.1) is 11.3 Å². The molecule has 0 spiro atoms. The first kappa shape index (κ1) is 15.9. The Hall–Kier alpha value is -2.47. The lowest BCUT2D eigenvalue weighted by atomic mass is 9.91. The highest BCUT2D eigenvalue weighted by molar-refractivity contribution is 5.41. The first-order valence-electron chi connectivity index (χ1n) is 7.41. The van der Waals surface area contributed by atoms with Crippen LogP contribution in [-0.2, 0) is 12.8 Å². The molecule has 0 amide bonds. The smallest absolute Gasteiger partial charge is 0.122 e. The molecule has 22 heavy (non-hydrogen) atoms. The molecule has 0 aliphatic heterocycles. The highest BCUT2D eigenvalue weighted by Crippen LogP contribution is 2.27. The molecule has 0 bridgehead atoms. The summed E-state index contributed by atoms with van der Waals surface area (Å²) in [5, 5.41) is 9.53. The lowest BCUT2D eigenvalue weighted by molar-refractivity contribution is 0.410. The molecule has 0 saturated carbocycles. The molecule has 0 radical (unpaired) electrons. The Bertz CT molecular complexity index is 656. The van der Waals surface area contributed by atoms with Crippen LogP contribution in [-0.4, -0.2) is 14.2 Å². The van der Waals surface area contributed by atoms with Crippen molar-refractivity contribution in [3.8, 4) is 17.6 Å². The van der Waals surface area contributed by atoms with E-state index in [9.17, 15) is 5.26 Å². The van der Waals surface area contributed by atoms with Gasteiger partial charge >= 0.3 is 0 Å². The molecule has 0 aliphatic carbocycles. The minimum Gasteiger partial charge on any atom is -0.497 e. The molecule has 0 aromatic heterocycles. The number of benzene rings is 2. The lowest BCUT2D eigenvalue weighted by Gasteiger charge is -2.13. The Morgan fingerprint density at radius 2 is 1.77 bits per heavy atom. The van der Waals surface area contributed by atoms with E-state index in [2.05, 4.69) is 19.1 Å². The fourth-order valence-corrected chi connectivity index (χ4v) is 2.53. The van der Waals surface area contributed by atoms with Crippen LogP contribution in [0.2, 0.25) is 0 Å². The van der Waals surface area contributed by atoms with Gasteiger partial charge in [0, 0.05) is 0 Å². The standard InChI is InChI=1S/C19H21NO2/c1-4-15-12-16(7-10-19(15)22-3)17(13-20)11-14-5-8-18(21-2)9-6-14/h5-10,12,17H,4,11H2,1-3H3. The van der Waals surface area contributed by atoms with E-state index < -0.39 is 0 Å². The average molecular weight is 295 g/mol.